The second-order valence-electron chi connectivity index (χ2n) is 2.11. The normalized spacial score (nSPS) is 10.0. The second-order valence-corrected chi connectivity index (χ2v) is 3.59. The SMILES string of the molecule is CCOc1ccc(Cl)c(I)c1F. The summed E-state index contributed by atoms with van der Waals surface area (Å²) in [6.07, 6.45) is 0. The van der Waals surface area contributed by atoms with E-state index in [-0.39, 0.29) is 11.6 Å². The molecule has 0 saturated carbocycles. The molecular formula is C8H7ClFIO. The quantitative estimate of drug-likeness (QED) is 0.600. The molecule has 0 spiro atoms. The zero-order valence-corrected chi connectivity index (χ0v) is 9.32. The lowest BCUT2D eigenvalue weighted by Crippen LogP contribution is -1.96. The van der Waals surface area contributed by atoms with Crippen LogP contribution in [0.2, 0.25) is 5.02 Å². The Kier molecular flexibility index (Phi) is 3.58. The molecule has 1 aromatic carbocycles. The molecule has 0 heterocycles. The van der Waals surface area contributed by atoms with Gasteiger partial charge in [-0.1, -0.05) is 11.6 Å². The van der Waals surface area contributed by atoms with Gasteiger partial charge in [0.25, 0.3) is 0 Å². The summed E-state index contributed by atoms with van der Waals surface area (Å²) < 4.78 is 18.7. The number of rotatable bonds is 2. The van der Waals surface area contributed by atoms with E-state index in [1.54, 1.807) is 13.0 Å². The van der Waals surface area contributed by atoms with Crippen LogP contribution in [0.3, 0.4) is 0 Å². The summed E-state index contributed by atoms with van der Waals surface area (Å²) in [5.74, 6) is -0.128. The van der Waals surface area contributed by atoms with Gasteiger partial charge in [0.2, 0.25) is 0 Å². The van der Waals surface area contributed by atoms with E-state index < -0.39 is 0 Å². The Hall–Kier alpha value is -0.0300. The van der Waals surface area contributed by atoms with Crippen molar-refractivity contribution in [2.75, 3.05) is 6.61 Å². The smallest absolute Gasteiger partial charge is 0.179 e. The van der Waals surface area contributed by atoms with Gasteiger partial charge in [0.15, 0.2) is 11.6 Å². The second kappa shape index (κ2) is 4.28. The van der Waals surface area contributed by atoms with Crippen molar-refractivity contribution in [1.29, 1.82) is 0 Å². The maximum absolute atomic E-state index is 13.2. The fourth-order valence-electron chi connectivity index (χ4n) is 0.775. The van der Waals surface area contributed by atoms with E-state index in [1.165, 1.54) is 6.07 Å². The lowest BCUT2D eigenvalue weighted by molar-refractivity contribution is 0.320. The summed E-state index contributed by atoms with van der Waals surface area (Å²) >= 11 is 7.53. The predicted octanol–water partition coefficient (Wildman–Crippen LogP) is 3.48. The Labute approximate surface area is 89.0 Å². The fourth-order valence-corrected chi connectivity index (χ4v) is 1.37. The molecule has 1 nitrogen and oxygen atoms in total. The molecule has 0 amide bonds. The van der Waals surface area contributed by atoms with Crippen molar-refractivity contribution in [2.24, 2.45) is 0 Å². The van der Waals surface area contributed by atoms with Gasteiger partial charge in [-0.3, -0.25) is 0 Å². The van der Waals surface area contributed by atoms with E-state index in [0.29, 0.717) is 15.2 Å². The van der Waals surface area contributed by atoms with Crippen LogP contribution in [0.25, 0.3) is 0 Å². The van der Waals surface area contributed by atoms with Gasteiger partial charge >= 0.3 is 0 Å². The lowest BCUT2D eigenvalue weighted by Gasteiger charge is -2.05. The van der Waals surface area contributed by atoms with Crippen molar-refractivity contribution < 1.29 is 9.13 Å². The van der Waals surface area contributed by atoms with Gasteiger partial charge in [0.05, 0.1) is 15.2 Å². The highest BCUT2D eigenvalue weighted by atomic mass is 127. The zero-order valence-electron chi connectivity index (χ0n) is 6.40. The number of hydrogen-bond donors (Lipinski definition) is 0. The van der Waals surface area contributed by atoms with Crippen molar-refractivity contribution in [1.82, 2.24) is 0 Å². The standard InChI is InChI=1S/C8H7ClFIO/c1-2-12-6-4-3-5(9)8(11)7(6)10/h3-4H,2H2,1H3. The van der Waals surface area contributed by atoms with Crippen LogP contribution in [0.5, 0.6) is 5.75 Å². The van der Waals surface area contributed by atoms with Crippen LogP contribution in [0.1, 0.15) is 6.92 Å². The average Bonchev–Trinajstić information content (AvgIpc) is 2.07. The molecule has 0 aliphatic heterocycles. The number of halogens is 3. The average molecular weight is 300 g/mol. The van der Waals surface area contributed by atoms with Gasteiger partial charge in [-0.2, -0.15) is 0 Å². The Morgan fingerprint density at radius 3 is 2.83 bits per heavy atom. The fraction of sp³-hybridized carbons (Fsp3) is 0.250. The van der Waals surface area contributed by atoms with Crippen molar-refractivity contribution in [3.63, 3.8) is 0 Å². The van der Waals surface area contributed by atoms with Crippen molar-refractivity contribution in [3.8, 4) is 5.75 Å². The van der Waals surface area contributed by atoms with E-state index in [4.69, 9.17) is 16.3 Å². The maximum atomic E-state index is 13.2. The molecular weight excluding hydrogens is 293 g/mol. The highest BCUT2D eigenvalue weighted by Gasteiger charge is 2.09. The Balaban J connectivity index is 3.08. The summed E-state index contributed by atoms with van der Waals surface area (Å²) in [5.41, 5.74) is 0. The molecule has 0 saturated heterocycles. The van der Waals surface area contributed by atoms with Crippen LogP contribution < -0.4 is 4.74 Å². The van der Waals surface area contributed by atoms with E-state index in [0.717, 1.165) is 0 Å². The predicted molar refractivity (Wildman–Crippen MR) is 55.3 cm³/mol. The largest absolute Gasteiger partial charge is 0.491 e. The van der Waals surface area contributed by atoms with Crippen molar-refractivity contribution >= 4 is 34.2 Å². The van der Waals surface area contributed by atoms with Gasteiger partial charge in [0.1, 0.15) is 0 Å². The summed E-state index contributed by atoms with van der Waals surface area (Å²) in [6, 6.07) is 3.15. The topological polar surface area (TPSA) is 9.23 Å². The first kappa shape index (κ1) is 10.1. The first-order valence-corrected chi connectivity index (χ1v) is 4.88. The Morgan fingerprint density at radius 1 is 1.58 bits per heavy atom. The highest BCUT2D eigenvalue weighted by molar-refractivity contribution is 14.1. The summed E-state index contributed by atoms with van der Waals surface area (Å²) in [5, 5.41) is 0.413. The van der Waals surface area contributed by atoms with Gasteiger partial charge in [-0.05, 0) is 41.6 Å². The third kappa shape index (κ3) is 2.01. The summed E-state index contributed by atoms with van der Waals surface area (Å²) in [7, 11) is 0. The molecule has 4 heteroatoms. The molecule has 66 valence electrons. The molecule has 0 fully saturated rings. The molecule has 12 heavy (non-hydrogen) atoms. The minimum absolute atomic E-state index is 0.256. The van der Waals surface area contributed by atoms with Crippen LogP contribution in [-0.4, -0.2) is 6.61 Å². The Bertz CT molecular complexity index is 291. The first-order valence-electron chi connectivity index (χ1n) is 3.43. The van der Waals surface area contributed by atoms with Gasteiger partial charge in [-0.25, -0.2) is 4.39 Å². The third-order valence-corrected chi connectivity index (χ3v) is 2.99. The molecule has 1 rings (SSSR count). The summed E-state index contributed by atoms with van der Waals surface area (Å²) in [6.45, 7) is 2.26. The van der Waals surface area contributed by atoms with E-state index in [9.17, 15) is 4.39 Å². The van der Waals surface area contributed by atoms with Crippen LogP contribution in [-0.2, 0) is 0 Å². The van der Waals surface area contributed by atoms with Gasteiger partial charge in [-0.15, -0.1) is 0 Å². The number of hydrogen-bond acceptors (Lipinski definition) is 1. The molecule has 0 radical (unpaired) electrons. The van der Waals surface area contributed by atoms with Crippen LogP contribution >= 0.6 is 34.2 Å². The van der Waals surface area contributed by atoms with Crippen LogP contribution in [0.15, 0.2) is 12.1 Å². The minimum atomic E-state index is -0.384. The van der Waals surface area contributed by atoms with E-state index in [2.05, 4.69) is 0 Å². The van der Waals surface area contributed by atoms with E-state index in [1.807, 2.05) is 22.6 Å². The maximum Gasteiger partial charge on any atom is 0.179 e. The molecule has 0 N–H and O–H groups in total. The zero-order chi connectivity index (χ0) is 9.14. The van der Waals surface area contributed by atoms with Crippen molar-refractivity contribution in [2.45, 2.75) is 6.92 Å². The number of benzene rings is 1. The molecule has 0 bridgehead atoms. The molecule has 0 aromatic heterocycles. The van der Waals surface area contributed by atoms with Crippen LogP contribution in [0, 0.1) is 9.39 Å². The third-order valence-electron chi connectivity index (χ3n) is 1.30. The summed E-state index contributed by atoms with van der Waals surface area (Å²) in [4.78, 5) is 0. The highest BCUT2D eigenvalue weighted by Crippen LogP contribution is 2.28. The van der Waals surface area contributed by atoms with Crippen molar-refractivity contribution in [3.05, 3.63) is 26.5 Å². The first-order chi connectivity index (χ1) is 5.66. The molecule has 0 unspecified atom stereocenters. The minimum Gasteiger partial charge on any atom is -0.491 e. The molecule has 0 atom stereocenters. The van der Waals surface area contributed by atoms with Gasteiger partial charge in [0, 0.05) is 0 Å². The number of ether oxygens (including phenoxy) is 1. The van der Waals surface area contributed by atoms with E-state index >= 15 is 0 Å². The Morgan fingerprint density at radius 2 is 2.25 bits per heavy atom. The van der Waals surface area contributed by atoms with Crippen LogP contribution in [0.4, 0.5) is 4.39 Å². The molecule has 1 aromatic rings. The monoisotopic (exact) mass is 300 g/mol. The molecule has 0 aliphatic rings. The van der Waals surface area contributed by atoms with Gasteiger partial charge < -0.3 is 4.74 Å². The molecule has 0 aliphatic carbocycles. The lowest BCUT2D eigenvalue weighted by atomic mass is 10.3.